The lowest BCUT2D eigenvalue weighted by molar-refractivity contribution is -0.124. The number of halogens is 3. The van der Waals surface area contributed by atoms with E-state index >= 15 is 0 Å². The summed E-state index contributed by atoms with van der Waals surface area (Å²) in [4.78, 5) is 27.9. The number of aliphatic hydroxyl groups is 1. The van der Waals surface area contributed by atoms with Gasteiger partial charge in [-0.2, -0.15) is 0 Å². The number of hydrogen-bond acceptors (Lipinski definition) is 5. The van der Waals surface area contributed by atoms with E-state index in [9.17, 15) is 19.1 Å². The van der Waals surface area contributed by atoms with Crippen LogP contribution in [0.25, 0.3) is 0 Å². The third-order valence-electron chi connectivity index (χ3n) is 5.60. The monoisotopic (exact) mass is 505 g/mol. The molecule has 2 aromatic carbocycles. The van der Waals surface area contributed by atoms with Crippen LogP contribution in [0.15, 0.2) is 59.2 Å². The van der Waals surface area contributed by atoms with E-state index in [4.69, 9.17) is 27.6 Å². The van der Waals surface area contributed by atoms with Crippen molar-refractivity contribution in [1.82, 2.24) is 10.6 Å². The van der Waals surface area contributed by atoms with E-state index in [-0.39, 0.29) is 23.2 Å². The molecule has 3 aromatic rings. The summed E-state index contributed by atoms with van der Waals surface area (Å²) >= 11 is 12.3. The maximum atomic E-state index is 13.5. The number of benzene rings is 2. The zero-order chi connectivity index (χ0) is 24.2. The van der Waals surface area contributed by atoms with Crippen molar-refractivity contribution in [1.29, 1.82) is 0 Å². The molecule has 0 spiro atoms. The fourth-order valence-corrected chi connectivity index (χ4v) is 4.48. The van der Waals surface area contributed by atoms with Gasteiger partial charge in [-0.1, -0.05) is 29.3 Å². The molecule has 10 heteroatoms. The molecule has 1 aromatic heterocycles. The Balaban J connectivity index is 1.52. The van der Waals surface area contributed by atoms with Gasteiger partial charge in [0.25, 0.3) is 5.91 Å². The summed E-state index contributed by atoms with van der Waals surface area (Å²) < 4.78 is 18.7. The normalized spacial score (nSPS) is 14.4. The number of hydrogen-bond donors (Lipinski definition) is 3. The molecule has 4 rings (SSSR count). The Kier molecular flexibility index (Phi) is 7.41. The molecule has 1 aliphatic rings. The highest BCUT2D eigenvalue weighted by Gasteiger charge is 2.29. The minimum atomic E-state index is -1.17. The second-order valence-electron chi connectivity index (χ2n) is 7.91. The summed E-state index contributed by atoms with van der Waals surface area (Å²) in [6, 6.07) is 10.3. The van der Waals surface area contributed by atoms with Crippen molar-refractivity contribution in [2.24, 2.45) is 0 Å². The van der Waals surface area contributed by atoms with E-state index in [0.717, 1.165) is 11.3 Å². The molecule has 0 bridgehead atoms. The quantitative estimate of drug-likeness (QED) is 0.433. The number of nitrogens with one attached hydrogen (secondary N) is 2. The molecule has 0 aliphatic carbocycles. The second kappa shape index (κ2) is 10.5. The molecule has 0 unspecified atom stereocenters. The second-order valence-corrected chi connectivity index (χ2v) is 8.75. The number of nitrogens with zero attached hydrogens (tertiary/aromatic N) is 1. The SMILES string of the molecule is O=C(N[C@H](C(=O)N[C@@H](CO)CN1CCc2cc(F)ccc21)c1ccc(Cl)cc1Cl)c1ccco1. The van der Waals surface area contributed by atoms with Crippen LogP contribution in [-0.2, 0) is 11.2 Å². The highest BCUT2D eigenvalue weighted by atomic mass is 35.5. The lowest BCUT2D eigenvalue weighted by atomic mass is 10.0. The molecular formula is C24H22Cl2FN3O4. The Morgan fingerprint density at radius 3 is 2.68 bits per heavy atom. The molecule has 1 aliphatic heterocycles. The van der Waals surface area contributed by atoms with E-state index in [1.165, 1.54) is 30.5 Å². The molecule has 34 heavy (non-hydrogen) atoms. The van der Waals surface area contributed by atoms with Crippen LogP contribution in [0.1, 0.15) is 27.7 Å². The Morgan fingerprint density at radius 2 is 1.97 bits per heavy atom. The summed E-state index contributed by atoms with van der Waals surface area (Å²) in [5, 5.41) is 15.9. The summed E-state index contributed by atoms with van der Waals surface area (Å²) in [7, 11) is 0. The zero-order valence-corrected chi connectivity index (χ0v) is 19.4. The first-order chi connectivity index (χ1) is 16.4. The summed E-state index contributed by atoms with van der Waals surface area (Å²) in [6.07, 6.45) is 2.02. The number of aliphatic hydroxyl groups excluding tert-OH is 1. The molecule has 0 radical (unpaired) electrons. The van der Waals surface area contributed by atoms with Crippen LogP contribution in [0.2, 0.25) is 10.0 Å². The third-order valence-corrected chi connectivity index (χ3v) is 6.16. The van der Waals surface area contributed by atoms with Crippen LogP contribution in [0.4, 0.5) is 10.1 Å². The van der Waals surface area contributed by atoms with Crippen LogP contribution < -0.4 is 15.5 Å². The van der Waals surface area contributed by atoms with Crippen LogP contribution in [0.5, 0.6) is 0 Å². The Hall–Kier alpha value is -3.07. The van der Waals surface area contributed by atoms with Crippen LogP contribution >= 0.6 is 23.2 Å². The first-order valence-electron chi connectivity index (χ1n) is 10.6. The number of furan rings is 1. The third kappa shape index (κ3) is 5.35. The van der Waals surface area contributed by atoms with E-state index < -0.39 is 23.9 Å². The van der Waals surface area contributed by atoms with Crippen molar-refractivity contribution in [2.45, 2.75) is 18.5 Å². The molecular weight excluding hydrogens is 484 g/mol. The van der Waals surface area contributed by atoms with E-state index in [1.807, 2.05) is 4.90 Å². The van der Waals surface area contributed by atoms with Gasteiger partial charge in [0.2, 0.25) is 5.91 Å². The molecule has 2 atom stereocenters. The molecule has 0 saturated carbocycles. The predicted octanol–water partition coefficient (Wildman–Crippen LogP) is 3.74. The molecule has 3 N–H and O–H groups in total. The van der Waals surface area contributed by atoms with E-state index in [1.54, 1.807) is 24.3 Å². The fraction of sp³-hybridized carbons (Fsp3) is 0.250. The maximum absolute atomic E-state index is 13.5. The fourth-order valence-electron chi connectivity index (χ4n) is 3.96. The summed E-state index contributed by atoms with van der Waals surface area (Å²) in [5.74, 6) is -1.45. The van der Waals surface area contributed by atoms with Gasteiger partial charge < -0.3 is 25.1 Å². The molecule has 178 valence electrons. The van der Waals surface area contributed by atoms with Gasteiger partial charge in [-0.05, 0) is 54.4 Å². The van der Waals surface area contributed by atoms with Gasteiger partial charge in [0.1, 0.15) is 11.9 Å². The van der Waals surface area contributed by atoms with Gasteiger partial charge in [0, 0.05) is 34.4 Å². The number of carbonyl (C=O) groups excluding carboxylic acids is 2. The molecule has 2 heterocycles. The highest BCUT2D eigenvalue weighted by molar-refractivity contribution is 6.35. The van der Waals surface area contributed by atoms with Crippen molar-refractivity contribution in [3.63, 3.8) is 0 Å². The molecule has 7 nitrogen and oxygen atoms in total. The number of carbonyl (C=O) groups is 2. The zero-order valence-electron chi connectivity index (χ0n) is 17.9. The lowest BCUT2D eigenvalue weighted by Gasteiger charge is -2.27. The number of rotatable bonds is 8. The summed E-state index contributed by atoms with van der Waals surface area (Å²) in [5.41, 5.74) is 2.07. The highest BCUT2D eigenvalue weighted by Crippen LogP contribution is 2.29. The smallest absolute Gasteiger partial charge is 0.287 e. The first kappa shape index (κ1) is 24.1. The first-order valence-corrected chi connectivity index (χ1v) is 11.3. The maximum Gasteiger partial charge on any atom is 0.287 e. The summed E-state index contributed by atoms with van der Waals surface area (Å²) in [6.45, 7) is 0.590. The van der Waals surface area contributed by atoms with E-state index in [0.29, 0.717) is 30.1 Å². The lowest BCUT2D eigenvalue weighted by Crippen LogP contribution is -2.50. The van der Waals surface area contributed by atoms with Gasteiger partial charge >= 0.3 is 0 Å². The van der Waals surface area contributed by atoms with Gasteiger partial charge in [-0.3, -0.25) is 9.59 Å². The van der Waals surface area contributed by atoms with Crippen molar-refractivity contribution in [3.8, 4) is 0 Å². The average Bonchev–Trinajstić information content (AvgIpc) is 3.47. The van der Waals surface area contributed by atoms with Crippen molar-refractivity contribution >= 4 is 40.7 Å². The number of amides is 2. The van der Waals surface area contributed by atoms with Gasteiger partial charge in [0.15, 0.2) is 5.76 Å². The average molecular weight is 506 g/mol. The van der Waals surface area contributed by atoms with Crippen LogP contribution in [0, 0.1) is 5.82 Å². The largest absolute Gasteiger partial charge is 0.459 e. The molecule has 0 fully saturated rings. The van der Waals surface area contributed by atoms with E-state index in [2.05, 4.69) is 10.6 Å². The molecule has 0 saturated heterocycles. The minimum Gasteiger partial charge on any atom is -0.459 e. The van der Waals surface area contributed by atoms with Crippen molar-refractivity contribution in [2.75, 3.05) is 24.6 Å². The topological polar surface area (TPSA) is 94.8 Å². The minimum absolute atomic E-state index is 0.0301. The van der Waals surface area contributed by atoms with Gasteiger partial charge in [0.05, 0.1) is 18.9 Å². The van der Waals surface area contributed by atoms with Gasteiger partial charge in [-0.25, -0.2) is 4.39 Å². The Bertz CT molecular complexity index is 1190. The van der Waals surface area contributed by atoms with Crippen molar-refractivity contribution in [3.05, 3.63) is 87.5 Å². The number of fused-ring (bicyclic) bond motifs is 1. The predicted molar refractivity (Wildman–Crippen MR) is 127 cm³/mol. The number of anilines is 1. The standard InChI is InChI=1S/C24H22Cl2FN3O4/c25-15-3-5-18(19(26)11-15)22(29-23(32)21-2-1-9-34-21)24(33)28-17(13-31)12-30-8-7-14-10-16(27)4-6-20(14)30/h1-6,9-11,17,22,31H,7-8,12-13H2,(H,28,33)(H,29,32)/t17-,22+/m1/s1. The van der Waals surface area contributed by atoms with Crippen molar-refractivity contribution < 1.29 is 23.5 Å². The Labute approximate surface area is 205 Å². The molecule has 2 amide bonds. The van der Waals surface area contributed by atoms with Gasteiger partial charge in [-0.15, -0.1) is 0 Å². The Morgan fingerprint density at radius 1 is 1.15 bits per heavy atom. The van der Waals surface area contributed by atoms with Crippen LogP contribution in [0.3, 0.4) is 0 Å². The van der Waals surface area contributed by atoms with Crippen LogP contribution in [-0.4, -0.2) is 42.7 Å².